The molecule has 46 heavy (non-hydrogen) atoms. The molecular formula is C38H40N8. The van der Waals surface area contributed by atoms with Crippen LogP contribution in [0, 0.1) is 0 Å². The Morgan fingerprint density at radius 2 is 0.717 bits per heavy atom. The Labute approximate surface area is 271 Å². The van der Waals surface area contributed by atoms with Crippen LogP contribution in [0.1, 0.15) is 34.2 Å². The van der Waals surface area contributed by atoms with Crippen molar-refractivity contribution in [2.75, 3.05) is 26.2 Å². The molecule has 0 amide bonds. The third-order valence-electron chi connectivity index (χ3n) is 8.08. The zero-order valence-corrected chi connectivity index (χ0v) is 26.2. The van der Waals surface area contributed by atoms with E-state index < -0.39 is 0 Å². The first kappa shape index (κ1) is 31.1. The Hall–Kier alpha value is -4.92. The van der Waals surface area contributed by atoms with Crippen LogP contribution in [0.4, 0.5) is 0 Å². The summed E-state index contributed by atoms with van der Waals surface area (Å²) >= 11 is 0. The van der Waals surface area contributed by atoms with Gasteiger partial charge in [0.2, 0.25) is 0 Å². The molecule has 8 heteroatoms. The van der Waals surface area contributed by atoms with Crippen LogP contribution in [0.5, 0.6) is 0 Å². The SMILES string of the molecule is c1ccc(CCN(CCc2ccccn2)Cc2ccc3ccc(CN(CCc4ccccn4)CCc4ccccn4)nc3n2)nc1. The highest BCUT2D eigenvalue weighted by atomic mass is 15.1. The molecule has 232 valence electrons. The zero-order valence-electron chi connectivity index (χ0n) is 26.2. The van der Waals surface area contributed by atoms with E-state index in [0.29, 0.717) is 0 Å². The smallest absolute Gasteiger partial charge is 0.159 e. The first-order valence-electron chi connectivity index (χ1n) is 16.1. The van der Waals surface area contributed by atoms with Crippen molar-refractivity contribution < 1.29 is 0 Å². The van der Waals surface area contributed by atoms with Gasteiger partial charge < -0.3 is 0 Å². The van der Waals surface area contributed by atoms with Crippen LogP contribution in [0.25, 0.3) is 11.0 Å². The number of pyridine rings is 6. The second kappa shape index (κ2) is 16.4. The molecule has 6 aromatic rings. The third-order valence-corrected chi connectivity index (χ3v) is 8.08. The maximum absolute atomic E-state index is 5.06. The van der Waals surface area contributed by atoms with Gasteiger partial charge in [0.1, 0.15) is 0 Å². The highest BCUT2D eigenvalue weighted by Gasteiger charge is 2.13. The second-order valence-electron chi connectivity index (χ2n) is 11.5. The van der Waals surface area contributed by atoms with E-state index in [1.165, 1.54) is 0 Å². The molecule has 0 atom stereocenters. The number of hydrogen-bond acceptors (Lipinski definition) is 8. The Bertz CT molecular complexity index is 1540. The molecule has 0 unspecified atom stereocenters. The predicted molar refractivity (Wildman–Crippen MR) is 182 cm³/mol. The molecular weight excluding hydrogens is 568 g/mol. The minimum absolute atomic E-state index is 0.738. The summed E-state index contributed by atoms with van der Waals surface area (Å²) in [5.74, 6) is 0. The molecule has 0 saturated carbocycles. The van der Waals surface area contributed by atoms with Crippen LogP contribution in [0.15, 0.2) is 122 Å². The lowest BCUT2D eigenvalue weighted by Crippen LogP contribution is -2.29. The number of hydrogen-bond donors (Lipinski definition) is 0. The van der Waals surface area contributed by atoms with Gasteiger partial charge in [-0.05, 0) is 72.8 Å². The molecule has 0 aromatic carbocycles. The van der Waals surface area contributed by atoms with Crippen LogP contribution in [-0.2, 0) is 38.8 Å². The molecule has 6 heterocycles. The minimum Gasteiger partial charge on any atom is -0.297 e. The average Bonchev–Trinajstić information content (AvgIpc) is 3.12. The van der Waals surface area contributed by atoms with Gasteiger partial charge in [0.05, 0.1) is 11.4 Å². The van der Waals surface area contributed by atoms with E-state index >= 15 is 0 Å². The summed E-state index contributed by atoms with van der Waals surface area (Å²) in [6.45, 7) is 5.03. The van der Waals surface area contributed by atoms with Crippen LogP contribution in [0.3, 0.4) is 0 Å². The van der Waals surface area contributed by atoms with E-state index in [1.807, 2.05) is 73.3 Å². The summed E-state index contributed by atoms with van der Waals surface area (Å²) in [4.78, 5) is 33.1. The Kier molecular flexibility index (Phi) is 11.1. The van der Waals surface area contributed by atoms with Gasteiger partial charge in [0.15, 0.2) is 5.65 Å². The summed E-state index contributed by atoms with van der Waals surface area (Å²) in [6, 6.07) is 32.9. The minimum atomic E-state index is 0.738. The Morgan fingerprint density at radius 3 is 1.02 bits per heavy atom. The number of rotatable bonds is 16. The summed E-state index contributed by atoms with van der Waals surface area (Å²) in [6.07, 6.45) is 11.0. The fraction of sp³-hybridized carbons (Fsp3) is 0.263. The van der Waals surface area contributed by atoms with Crippen molar-refractivity contribution in [3.8, 4) is 0 Å². The average molecular weight is 609 g/mol. The summed E-state index contributed by atoms with van der Waals surface area (Å²) < 4.78 is 0. The van der Waals surface area contributed by atoms with Gasteiger partial charge in [0, 0.05) is 118 Å². The molecule has 0 spiro atoms. The molecule has 0 bridgehead atoms. The van der Waals surface area contributed by atoms with Gasteiger partial charge in [-0.1, -0.05) is 24.3 Å². The van der Waals surface area contributed by atoms with Gasteiger partial charge in [0.25, 0.3) is 0 Å². The van der Waals surface area contributed by atoms with E-state index in [1.54, 1.807) is 0 Å². The quantitative estimate of drug-likeness (QED) is 0.137. The van der Waals surface area contributed by atoms with Crippen molar-refractivity contribution in [2.24, 2.45) is 0 Å². The lowest BCUT2D eigenvalue weighted by atomic mass is 10.2. The van der Waals surface area contributed by atoms with Crippen LogP contribution >= 0.6 is 0 Å². The normalized spacial score (nSPS) is 11.4. The van der Waals surface area contributed by atoms with Crippen LogP contribution in [-0.4, -0.2) is 65.9 Å². The molecule has 0 N–H and O–H groups in total. The van der Waals surface area contributed by atoms with Crippen molar-refractivity contribution >= 4 is 11.0 Å². The second-order valence-corrected chi connectivity index (χ2v) is 11.5. The van der Waals surface area contributed by atoms with Crippen LogP contribution < -0.4 is 0 Å². The van der Waals surface area contributed by atoms with Gasteiger partial charge in [-0.25, -0.2) is 9.97 Å². The zero-order chi connectivity index (χ0) is 31.2. The standard InChI is InChI=1S/C38H40N8/c1-5-21-39-32(9-1)17-25-45(26-18-33-10-2-6-22-40-33)29-36-15-13-31-14-16-37(44-38(31)43-36)30-46(27-19-34-11-3-7-23-41-34)28-20-35-12-4-8-24-42-35/h1-16,21-24H,17-20,25-30H2. The molecule has 6 aromatic heterocycles. The van der Waals surface area contributed by atoms with Gasteiger partial charge in [-0.15, -0.1) is 0 Å². The molecule has 0 radical (unpaired) electrons. The van der Waals surface area contributed by atoms with Gasteiger partial charge in [-0.3, -0.25) is 29.7 Å². The first-order valence-corrected chi connectivity index (χ1v) is 16.1. The predicted octanol–water partition coefficient (Wildman–Crippen LogP) is 5.78. The van der Waals surface area contributed by atoms with Crippen molar-refractivity contribution in [1.82, 2.24) is 39.7 Å². The van der Waals surface area contributed by atoms with E-state index in [-0.39, 0.29) is 0 Å². The van der Waals surface area contributed by atoms with Crippen molar-refractivity contribution in [3.05, 3.63) is 156 Å². The molecule has 8 nitrogen and oxygen atoms in total. The van der Waals surface area contributed by atoms with E-state index in [9.17, 15) is 0 Å². The van der Waals surface area contributed by atoms with Crippen LogP contribution in [0.2, 0.25) is 0 Å². The monoisotopic (exact) mass is 608 g/mol. The highest BCUT2D eigenvalue weighted by Crippen LogP contribution is 2.16. The molecule has 0 saturated heterocycles. The molecule has 6 rings (SSSR count). The fourth-order valence-electron chi connectivity index (χ4n) is 5.53. The number of fused-ring (bicyclic) bond motifs is 1. The Balaban J connectivity index is 1.15. The number of nitrogens with zero attached hydrogens (tertiary/aromatic N) is 8. The van der Waals surface area contributed by atoms with Crippen molar-refractivity contribution in [2.45, 2.75) is 38.8 Å². The maximum atomic E-state index is 5.06. The summed E-state index contributed by atoms with van der Waals surface area (Å²) in [7, 11) is 0. The lowest BCUT2D eigenvalue weighted by Gasteiger charge is -2.22. The largest absolute Gasteiger partial charge is 0.297 e. The fourth-order valence-corrected chi connectivity index (χ4v) is 5.53. The molecule has 0 aliphatic rings. The topological polar surface area (TPSA) is 83.8 Å². The lowest BCUT2D eigenvalue weighted by molar-refractivity contribution is 0.266. The summed E-state index contributed by atoms with van der Waals surface area (Å²) in [5.41, 5.74) is 7.21. The van der Waals surface area contributed by atoms with E-state index in [4.69, 9.17) is 9.97 Å². The first-order chi connectivity index (χ1) is 22.8. The molecule has 0 fully saturated rings. The van der Waals surface area contributed by atoms with E-state index in [2.05, 4.69) is 78.3 Å². The molecule has 0 aliphatic carbocycles. The summed E-state index contributed by atoms with van der Waals surface area (Å²) in [5, 5.41) is 1.05. The van der Waals surface area contributed by atoms with Gasteiger partial charge >= 0.3 is 0 Å². The maximum Gasteiger partial charge on any atom is 0.159 e. The van der Waals surface area contributed by atoms with E-state index in [0.717, 1.165) is 110 Å². The van der Waals surface area contributed by atoms with Crippen molar-refractivity contribution in [3.63, 3.8) is 0 Å². The van der Waals surface area contributed by atoms with Crippen molar-refractivity contribution in [1.29, 1.82) is 0 Å². The van der Waals surface area contributed by atoms with Gasteiger partial charge in [-0.2, -0.15) is 0 Å². The highest BCUT2D eigenvalue weighted by molar-refractivity contribution is 5.74. The third kappa shape index (κ3) is 9.54. The Morgan fingerprint density at radius 1 is 0.370 bits per heavy atom. The number of aromatic nitrogens is 6. The molecule has 0 aliphatic heterocycles.